The molecule has 2 aliphatic rings. The van der Waals surface area contributed by atoms with Crippen LogP contribution in [0.5, 0.6) is 5.75 Å². The van der Waals surface area contributed by atoms with Crippen molar-refractivity contribution in [2.75, 3.05) is 19.9 Å². The van der Waals surface area contributed by atoms with Crippen molar-refractivity contribution in [2.45, 2.75) is 50.7 Å². The number of likely N-dealkylation sites (tertiary alicyclic amines) is 1. The van der Waals surface area contributed by atoms with Gasteiger partial charge in [0, 0.05) is 12.1 Å². The van der Waals surface area contributed by atoms with Crippen LogP contribution < -0.4 is 15.8 Å². The van der Waals surface area contributed by atoms with Crippen LogP contribution in [0.25, 0.3) is 0 Å². The molecule has 1 aromatic rings. The largest absolute Gasteiger partial charge is 0.496 e. The fourth-order valence-corrected chi connectivity index (χ4v) is 4.35. The number of anilines is 1. The number of nitrogen functional groups attached to an aromatic ring is 1. The van der Waals surface area contributed by atoms with Gasteiger partial charge in [-0.3, -0.25) is 9.69 Å². The van der Waals surface area contributed by atoms with Crippen molar-refractivity contribution in [3.63, 3.8) is 0 Å². The number of methoxy groups -OCH3 is 1. The average Bonchev–Trinajstić information content (AvgIpc) is 2.59. The van der Waals surface area contributed by atoms with E-state index in [1.807, 2.05) is 0 Å². The highest BCUT2D eigenvalue weighted by molar-refractivity contribution is 6.33. The summed E-state index contributed by atoms with van der Waals surface area (Å²) in [6, 6.07) is 3.76. The highest BCUT2D eigenvalue weighted by Crippen LogP contribution is 2.36. The molecule has 0 radical (unpaired) electrons. The number of piperidine rings is 1. The number of carbonyl (C=O) groups excluding carboxylic acids is 1. The summed E-state index contributed by atoms with van der Waals surface area (Å²) in [7, 11) is 3.65. The molecule has 6 heteroatoms. The van der Waals surface area contributed by atoms with Crippen molar-refractivity contribution in [3.8, 4) is 5.75 Å². The summed E-state index contributed by atoms with van der Waals surface area (Å²) < 4.78 is 5.29. The van der Waals surface area contributed by atoms with Gasteiger partial charge in [0.1, 0.15) is 5.75 Å². The number of amides is 1. The van der Waals surface area contributed by atoms with Crippen LogP contribution in [0.4, 0.5) is 5.69 Å². The summed E-state index contributed by atoms with van der Waals surface area (Å²) in [5.41, 5.74) is 6.63. The maximum Gasteiger partial charge on any atom is 0.256 e. The number of nitrogens with zero attached hydrogens (tertiary/aromatic N) is 1. The Labute approximate surface area is 148 Å². The third-order valence-corrected chi connectivity index (χ3v) is 5.88. The van der Waals surface area contributed by atoms with Gasteiger partial charge in [0.15, 0.2) is 0 Å². The lowest BCUT2D eigenvalue weighted by atomic mass is 9.78. The molecule has 1 aromatic carbocycles. The predicted molar refractivity (Wildman–Crippen MR) is 96.4 cm³/mol. The molecule has 1 saturated heterocycles. The van der Waals surface area contributed by atoms with Crippen molar-refractivity contribution in [1.82, 2.24) is 10.2 Å². The lowest BCUT2D eigenvalue weighted by Crippen LogP contribution is -2.56. The third-order valence-electron chi connectivity index (χ3n) is 5.56. The first-order valence-electron chi connectivity index (χ1n) is 8.67. The molecule has 0 spiro atoms. The topological polar surface area (TPSA) is 67.6 Å². The SMILES string of the molecule is COc1cc(N)c(Cl)cc1C(=O)NC1CCC2CCCCC2N1C. The van der Waals surface area contributed by atoms with E-state index in [1.54, 1.807) is 12.1 Å². The number of ether oxygens (including phenoxy) is 1. The van der Waals surface area contributed by atoms with Crippen LogP contribution in [0.1, 0.15) is 48.9 Å². The standard InChI is InChI=1S/C18H26ClN3O2/c1-22-15-6-4-3-5-11(15)7-8-17(22)21-18(23)12-9-13(19)14(20)10-16(12)24-2/h9-11,15,17H,3-8,20H2,1-2H3,(H,21,23). The maximum atomic E-state index is 12.7. The Morgan fingerprint density at radius 2 is 2.04 bits per heavy atom. The van der Waals surface area contributed by atoms with Gasteiger partial charge in [-0.1, -0.05) is 24.4 Å². The van der Waals surface area contributed by atoms with E-state index in [-0.39, 0.29) is 12.1 Å². The highest BCUT2D eigenvalue weighted by Gasteiger charge is 2.37. The minimum atomic E-state index is -0.167. The van der Waals surface area contributed by atoms with Gasteiger partial charge in [-0.15, -0.1) is 0 Å². The van der Waals surface area contributed by atoms with Crippen molar-refractivity contribution in [2.24, 2.45) is 5.92 Å². The fraction of sp³-hybridized carbons (Fsp3) is 0.611. The van der Waals surface area contributed by atoms with Crippen LogP contribution in [0.2, 0.25) is 5.02 Å². The highest BCUT2D eigenvalue weighted by atomic mass is 35.5. The van der Waals surface area contributed by atoms with E-state index >= 15 is 0 Å². The number of hydrogen-bond acceptors (Lipinski definition) is 4. The van der Waals surface area contributed by atoms with E-state index in [1.165, 1.54) is 39.2 Å². The van der Waals surface area contributed by atoms with Crippen LogP contribution in [0.15, 0.2) is 12.1 Å². The van der Waals surface area contributed by atoms with Gasteiger partial charge in [0.2, 0.25) is 0 Å². The molecule has 5 nitrogen and oxygen atoms in total. The van der Waals surface area contributed by atoms with E-state index in [2.05, 4.69) is 17.3 Å². The zero-order valence-corrected chi connectivity index (χ0v) is 15.1. The Kier molecular flexibility index (Phi) is 5.21. The smallest absolute Gasteiger partial charge is 0.256 e. The van der Waals surface area contributed by atoms with Crippen molar-refractivity contribution >= 4 is 23.2 Å². The van der Waals surface area contributed by atoms with E-state index in [0.717, 1.165) is 12.3 Å². The van der Waals surface area contributed by atoms with Crippen molar-refractivity contribution in [1.29, 1.82) is 0 Å². The van der Waals surface area contributed by atoms with Crippen LogP contribution in [0, 0.1) is 5.92 Å². The molecule has 132 valence electrons. The molecule has 3 unspecified atom stereocenters. The molecular weight excluding hydrogens is 326 g/mol. The van der Waals surface area contributed by atoms with Gasteiger partial charge in [-0.25, -0.2) is 0 Å². The molecule has 24 heavy (non-hydrogen) atoms. The number of nitrogens with two attached hydrogens (primary N) is 1. The molecule has 2 fully saturated rings. The van der Waals surface area contributed by atoms with Crippen molar-refractivity contribution < 1.29 is 9.53 Å². The van der Waals surface area contributed by atoms with Crippen LogP contribution in [-0.2, 0) is 0 Å². The molecule has 3 rings (SSSR count). The number of fused-ring (bicyclic) bond motifs is 1. The van der Waals surface area contributed by atoms with Crippen LogP contribution >= 0.6 is 11.6 Å². The number of hydrogen-bond donors (Lipinski definition) is 2. The average molecular weight is 352 g/mol. The van der Waals surface area contributed by atoms with E-state index in [4.69, 9.17) is 22.1 Å². The summed E-state index contributed by atoms with van der Waals surface area (Å²) in [6.45, 7) is 0. The number of benzene rings is 1. The number of rotatable bonds is 3. The second kappa shape index (κ2) is 7.19. The lowest BCUT2D eigenvalue weighted by molar-refractivity contribution is 0.0218. The van der Waals surface area contributed by atoms with Gasteiger partial charge in [0.05, 0.1) is 29.5 Å². The van der Waals surface area contributed by atoms with Crippen LogP contribution in [-0.4, -0.2) is 37.2 Å². The predicted octanol–water partition coefficient (Wildman–Crippen LogP) is 3.27. The van der Waals surface area contributed by atoms with Crippen molar-refractivity contribution in [3.05, 3.63) is 22.7 Å². The molecule has 1 aliphatic heterocycles. The Morgan fingerprint density at radius 3 is 2.79 bits per heavy atom. The summed E-state index contributed by atoms with van der Waals surface area (Å²) >= 11 is 6.08. The Balaban J connectivity index is 1.74. The molecule has 1 heterocycles. The molecule has 3 atom stereocenters. The third kappa shape index (κ3) is 3.33. The normalized spacial score (nSPS) is 27.4. The number of halogens is 1. The molecule has 3 N–H and O–H groups in total. The zero-order chi connectivity index (χ0) is 17.3. The van der Waals surface area contributed by atoms with Gasteiger partial charge in [-0.2, -0.15) is 0 Å². The second-order valence-corrected chi connectivity index (χ2v) is 7.33. The molecule has 0 bridgehead atoms. The fourth-order valence-electron chi connectivity index (χ4n) is 4.19. The monoisotopic (exact) mass is 351 g/mol. The minimum absolute atomic E-state index is 0.0536. The second-order valence-electron chi connectivity index (χ2n) is 6.92. The first-order valence-corrected chi connectivity index (χ1v) is 9.05. The molecular formula is C18H26ClN3O2. The van der Waals surface area contributed by atoms with Crippen LogP contribution in [0.3, 0.4) is 0 Å². The van der Waals surface area contributed by atoms with Gasteiger partial charge < -0.3 is 15.8 Å². The molecule has 1 amide bonds. The van der Waals surface area contributed by atoms with E-state index < -0.39 is 0 Å². The first-order chi connectivity index (χ1) is 11.5. The Hall–Kier alpha value is -1.46. The molecule has 1 saturated carbocycles. The van der Waals surface area contributed by atoms with E-state index in [0.29, 0.717) is 28.1 Å². The molecule has 0 aromatic heterocycles. The lowest BCUT2D eigenvalue weighted by Gasteiger charge is -2.46. The number of carbonyl (C=O) groups is 1. The van der Waals surface area contributed by atoms with Gasteiger partial charge >= 0.3 is 0 Å². The number of nitrogens with one attached hydrogen (secondary N) is 1. The summed E-state index contributed by atoms with van der Waals surface area (Å²) in [5.74, 6) is 1.06. The summed E-state index contributed by atoms with van der Waals surface area (Å²) in [5, 5.41) is 3.51. The minimum Gasteiger partial charge on any atom is -0.496 e. The van der Waals surface area contributed by atoms with E-state index in [9.17, 15) is 4.79 Å². The summed E-state index contributed by atoms with van der Waals surface area (Å²) in [6.07, 6.45) is 7.38. The maximum absolute atomic E-state index is 12.7. The molecule has 1 aliphatic carbocycles. The van der Waals surface area contributed by atoms with Gasteiger partial charge in [0.25, 0.3) is 5.91 Å². The first kappa shape index (κ1) is 17.4. The summed E-state index contributed by atoms with van der Waals surface area (Å²) in [4.78, 5) is 15.1. The van der Waals surface area contributed by atoms with Gasteiger partial charge in [-0.05, 0) is 44.7 Å². The Morgan fingerprint density at radius 1 is 1.29 bits per heavy atom. The quantitative estimate of drug-likeness (QED) is 0.820. The zero-order valence-electron chi connectivity index (χ0n) is 14.3. The Bertz CT molecular complexity index is 623.